The van der Waals surface area contributed by atoms with E-state index in [1.165, 1.54) is 30.3 Å². The van der Waals surface area contributed by atoms with Crippen LogP contribution in [-0.2, 0) is 0 Å². The third-order valence-electron chi connectivity index (χ3n) is 2.00. The number of hydrogen-bond acceptors (Lipinski definition) is 3. The zero-order valence-corrected chi connectivity index (χ0v) is 8.45. The summed E-state index contributed by atoms with van der Waals surface area (Å²) in [4.78, 5) is 10.9. The largest absolute Gasteiger partial charge is 0.484 e. The molecule has 0 bridgehead atoms. The van der Waals surface area contributed by atoms with Crippen LogP contribution >= 0.6 is 0 Å². The SMILES string of the molecule is O=c1ccc2ccc(OCC(F)(F)F)cc2o1. The molecule has 0 aliphatic heterocycles. The molecule has 0 amide bonds. The molecule has 0 radical (unpaired) electrons. The zero-order valence-electron chi connectivity index (χ0n) is 8.45. The van der Waals surface area contributed by atoms with Gasteiger partial charge >= 0.3 is 11.8 Å². The Bertz CT molecular complexity index is 586. The second kappa shape index (κ2) is 4.12. The van der Waals surface area contributed by atoms with Crippen LogP contribution in [-0.4, -0.2) is 12.8 Å². The highest BCUT2D eigenvalue weighted by atomic mass is 19.4. The normalized spacial score (nSPS) is 11.7. The Labute approximate surface area is 93.4 Å². The van der Waals surface area contributed by atoms with Crippen molar-refractivity contribution < 1.29 is 22.3 Å². The fourth-order valence-electron chi connectivity index (χ4n) is 1.30. The molecule has 0 saturated carbocycles. The van der Waals surface area contributed by atoms with Crippen LogP contribution in [0.1, 0.15) is 0 Å². The van der Waals surface area contributed by atoms with E-state index in [-0.39, 0.29) is 11.3 Å². The van der Waals surface area contributed by atoms with Crippen molar-refractivity contribution in [2.45, 2.75) is 6.18 Å². The van der Waals surface area contributed by atoms with Crippen molar-refractivity contribution >= 4 is 11.0 Å². The summed E-state index contributed by atoms with van der Waals surface area (Å²) in [5.74, 6) is 0.00387. The number of rotatable bonds is 2. The minimum absolute atomic E-state index is 0.00387. The van der Waals surface area contributed by atoms with Gasteiger partial charge in [0.15, 0.2) is 6.61 Å². The van der Waals surface area contributed by atoms with Gasteiger partial charge < -0.3 is 9.15 Å². The third kappa shape index (κ3) is 2.99. The van der Waals surface area contributed by atoms with E-state index in [0.717, 1.165) is 0 Å². The van der Waals surface area contributed by atoms with Crippen molar-refractivity contribution in [2.75, 3.05) is 6.61 Å². The van der Waals surface area contributed by atoms with Gasteiger partial charge in [-0.25, -0.2) is 4.79 Å². The second-order valence-corrected chi connectivity index (χ2v) is 3.36. The van der Waals surface area contributed by atoms with Crippen LogP contribution in [0.25, 0.3) is 11.0 Å². The van der Waals surface area contributed by atoms with Gasteiger partial charge in [0.25, 0.3) is 0 Å². The lowest BCUT2D eigenvalue weighted by Gasteiger charge is -2.09. The van der Waals surface area contributed by atoms with Gasteiger partial charge in [0.1, 0.15) is 11.3 Å². The monoisotopic (exact) mass is 244 g/mol. The van der Waals surface area contributed by atoms with Crippen molar-refractivity contribution in [3.63, 3.8) is 0 Å². The van der Waals surface area contributed by atoms with Gasteiger partial charge in [-0.05, 0) is 18.2 Å². The molecular formula is C11H7F3O3. The van der Waals surface area contributed by atoms with Gasteiger partial charge in [0.05, 0.1) is 0 Å². The van der Waals surface area contributed by atoms with Crippen molar-refractivity contribution in [2.24, 2.45) is 0 Å². The van der Waals surface area contributed by atoms with Gasteiger partial charge in [0.2, 0.25) is 0 Å². The lowest BCUT2D eigenvalue weighted by Crippen LogP contribution is -2.19. The summed E-state index contributed by atoms with van der Waals surface area (Å²) in [5, 5.41) is 0.615. The highest BCUT2D eigenvalue weighted by Gasteiger charge is 2.28. The second-order valence-electron chi connectivity index (χ2n) is 3.36. The van der Waals surface area contributed by atoms with Gasteiger partial charge in [-0.3, -0.25) is 0 Å². The van der Waals surface area contributed by atoms with Crippen molar-refractivity contribution in [3.8, 4) is 5.75 Å². The molecule has 90 valence electrons. The fourth-order valence-corrected chi connectivity index (χ4v) is 1.30. The molecule has 0 saturated heterocycles. The lowest BCUT2D eigenvalue weighted by atomic mass is 10.2. The first-order valence-corrected chi connectivity index (χ1v) is 4.67. The molecule has 0 fully saturated rings. The first kappa shape index (κ1) is 11.5. The molecule has 0 unspecified atom stereocenters. The summed E-state index contributed by atoms with van der Waals surface area (Å²) < 4.78 is 45.1. The van der Waals surface area contributed by atoms with E-state index in [2.05, 4.69) is 4.74 Å². The molecule has 1 heterocycles. The number of fused-ring (bicyclic) bond motifs is 1. The summed E-state index contributed by atoms with van der Waals surface area (Å²) in [6.07, 6.45) is -4.40. The minimum Gasteiger partial charge on any atom is -0.484 e. The van der Waals surface area contributed by atoms with E-state index in [0.29, 0.717) is 5.39 Å². The van der Waals surface area contributed by atoms with Crippen LogP contribution in [0.5, 0.6) is 5.75 Å². The molecule has 1 aromatic heterocycles. The number of benzene rings is 1. The molecule has 0 atom stereocenters. The van der Waals surface area contributed by atoms with Gasteiger partial charge in [-0.15, -0.1) is 0 Å². The molecule has 0 N–H and O–H groups in total. The Morgan fingerprint density at radius 3 is 2.59 bits per heavy atom. The summed E-state index contributed by atoms with van der Waals surface area (Å²) in [6.45, 7) is -1.38. The van der Waals surface area contributed by atoms with Gasteiger partial charge in [0, 0.05) is 17.5 Å². The summed E-state index contributed by atoms with van der Waals surface area (Å²) >= 11 is 0. The Balaban J connectivity index is 2.28. The number of hydrogen-bond donors (Lipinski definition) is 0. The van der Waals surface area contributed by atoms with Crippen LogP contribution in [0.4, 0.5) is 13.2 Å². The highest BCUT2D eigenvalue weighted by molar-refractivity contribution is 5.77. The van der Waals surface area contributed by atoms with Crippen molar-refractivity contribution in [3.05, 3.63) is 40.8 Å². The fraction of sp³-hybridized carbons (Fsp3) is 0.182. The maximum atomic E-state index is 11.9. The van der Waals surface area contributed by atoms with Crippen molar-refractivity contribution in [1.29, 1.82) is 0 Å². The number of ether oxygens (including phenoxy) is 1. The van der Waals surface area contributed by atoms with E-state index >= 15 is 0 Å². The van der Waals surface area contributed by atoms with Gasteiger partial charge in [-0.2, -0.15) is 13.2 Å². The van der Waals surface area contributed by atoms with E-state index in [4.69, 9.17) is 4.42 Å². The Morgan fingerprint density at radius 2 is 1.88 bits per heavy atom. The van der Waals surface area contributed by atoms with Crippen molar-refractivity contribution in [1.82, 2.24) is 0 Å². The lowest BCUT2D eigenvalue weighted by molar-refractivity contribution is -0.153. The predicted molar refractivity (Wildman–Crippen MR) is 54.0 cm³/mol. The van der Waals surface area contributed by atoms with Gasteiger partial charge in [-0.1, -0.05) is 0 Å². The Morgan fingerprint density at radius 1 is 1.18 bits per heavy atom. The topological polar surface area (TPSA) is 39.4 Å². The molecule has 17 heavy (non-hydrogen) atoms. The molecule has 2 rings (SSSR count). The first-order valence-electron chi connectivity index (χ1n) is 4.67. The minimum atomic E-state index is -4.40. The molecule has 2 aromatic rings. The van der Waals surface area contributed by atoms with Crippen LogP contribution in [0.3, 0.4) is 0 Å². The average Bonchev–Trinajstić information content (AvgIpc) is 2.24. The predicted octanol–water partition coefficient (Wildman–Crippen LogP) is 2.73. The molecule has 6 heteroatoms. The molecule has 0 spiro atoms. The first-order chi connectivity index (χ1) is 7.94. The van der Waals surface area contributed by atoms with Crippen LogP contribution < -0.4 is 10.4 Å². The van der Waals surface area contributed by atoms with Crippen LogP contribution in [0, 0.1) is 0 Å². The molecule has 1 aromatic carbocycles. The van der Waals surface area contributed by atoms with E-state index < -0.39 is 18.4 Å². The standard InChI is InChI=1S/C11H7F3O3/c12-11(13,14)6-16-8-3-1-7-2-4-10(15)17-9(7)5-8/h1-5H,6H2. The van der Waals surface area contributed by atoms with E-state index in [1.54, 1.807) is 0 Å². The average molecular weight is 244 g/mol. The maximum absolute atomic E-state index is 11.9. The zero-order chi connectivity index (χ0) is 12.5. The number of halogens is 3. The summed E-state index contributed by atoms with van der Waals surface area (Å²) in [6, 6.07) is 6.91. The number of alkyl halides is 3. The quantitative estimate of drug-likeness (QED) is 0.762. The summed E-state index contributed by atoms with van der Waals surface area (Å²) in [5.41, 5.74) is -0.373. The molecule has 3 nitrogen and oxygen atoms in total. The Kier molecular flexibility index (Phi) is 2.79. The molecular weight excluding hydrogens is 237 g/mol. The smallest absolute Gasteiger partial charge is 0.422 e. The third-order valence-corrected chi connectivity index (χ3v) is 2.00. The van der Waals surface area contributed by atoms with Crippen LogP contribution in [0.2, 0.25) is 0 Å². The maximum Gasteiger partial charge on any atom is 0.422 e. The van der Waals surface area contributed by atoms with E-state index in [9.17, 15) is 18.0 Å². The highest BCUT2D eigenvalue weighted by Crippen LogP contribution is 2.22. The van der Waals surface area contributed by atoms with Crippen LogP contribution in [0.15, 0.2) is 39.5 Å². The van der Waals surface area contributed by atoms with E-state index in [1.807, 2.05) is 0 Å². The molecule has 0 aliphatic carbocycles. The Hall–Kier alpha value is -1.98. The molecule has 0 aliphatic rings. The summed E-state index contributed by atoms with van der Waals surface area (Å²) in [7, 11) is 0.